The van der Waals surface area contributed by atoms with Crippen LogP contribution in [0.15, 0.2) is 27.8 Å². The Morgan fingerprint density at radius 1 is 1.05 bits per heavy atom. The van der Waals surface area contributed by atoms with Gasteiger partial charge in [0.15, 0.2) is 17.4 Å². The lowest BCUT2D eigenvalue weighted by molar-refractivity contribution is -0.160. The first-order valence-corrected chi connectivity index (χ1v) is 15.6. The average Bonchev–Trinajstić information content (AvgIpc) is 3.37. The maximum Gasteiger partial charge on any atom is 0.227 e. The molecule has 7 heteroatoms. The summed E-state index contributed by atoms with van der Waals surface area (Å²) in [7, 11) is 0. The number of nitrogens with zero attached hydrogens (tertiary/aromatic N) is 3. The van der Waals surface area contributed by atoms with Crippen molar-refractivity contribution in [1.82, 2.24) is 10.1 Å². The second-order valence-electron chi connectivity index (χ2n) is 16.0. The van der Waals surface area contributed by atoms with Gasteiger partial charge in [-0.15, -0.1) is 0 Å². The molecule has 3 fully saturated rings. The summed E-state index contributed by atoms with van der Waals surface area (Å²) in [5.41, 5.74) is 5.30. The van der Waals surface area contributed by atoms with Crippen LogP contribution in [0.2, 0.25) is 0 Å². The van der Waals surface area contributed by atoms with Crippen molar-refractivity contribution in [2.75, 3.05) is 6.54 Å². The zero-order valence-electron chi connectivity index (χ0n) is 25.9. The van der Waals surface area contributed by atoms with E-state index in [1.807, 2.05) is 26.0 Å². The maximum atomic E-state index is 14.7. The number of nitriles is 1. The zero-order valence-corrected chi connectivity index (χ0v) is 25.9. The van der Waals surface area contributed by atoms with Crippen LogP contribution in [0.25, 0.3) is 0 Å². The average molecular weight is 559 g/mol. The highest BCUT2D eigenvalue weighted by molar-refractivity contribution is 6.04. The van der Waals surface area contributed by atoms with Crippen molar-refractivity contribution in [2.24, 2.45) is 50.6 Å². The van der Waals surface area contributed by atoms with Gasteiger partial charge in [0, 0.05) is 35.1 Å². The molecule has 2 N–H and O–H groups in total. The van der Waals surface area contributed by atoms with Gasteiger partial charge in [0.05, 0.1) is 5.57 Å². The van der Waals surface area contributed by atoms with Gasteiger partial charge in [-0.2, -0.15) is 10.2 Å². The molecule has 5 aliphatic rings. The molecule has 1 aromatic rings. The third kappa shape index (κ3) is 3.58. The molecule has 1 heterocycles. The number of fused-ring (bicyclic) bond motifs is 7. The fourth-order valence-corrected chi connectivity index (χ4v) is 10.7. The molecule has 0 amide bonds. The standard InChI is InChI=1S/C34H46N4O3/c1-29(2)11-13-34(28-37-25(9-15-35)41-38-28)14-12-33(7)26(21(34)18-29)22(39)16-24-31(5)17-20(19-36)27(40)30(3,4)23(31)8-10-32(24,33)6/h16-17,21,23,26H,8-15,18,35H2,1-7H3/t21-,23?,26-,31-,32+,33+,34-/m0/s1. The molecule has 0 saturated heterocycles. The predicted molar refractivity (Wildman–Crippen MR) is 155 cm³/mol. The molecule has 0 bridgehead atoms. The summed E-state index contributed by atoms with van der Waals surface area (Å²) in [6, 6.07) is 2.20. The molecule has 0 radical (unpaired) electrons. The minimum absolute atomic E-state index is 0.0449. The summed E-state index contributed by atoms with van der Waals surface area (Å²) in [6.07, 6.45) is 11.0. The summed E-state index contributed by atoms with van der Waals surface area (Å²) in [5, 5.41) is 14.5. The fourth-order valence-electron chi connectivity index (χ4n) is 10.7. The van der Waals surface area contributed by atoms with E-state index in [1.165, 1.54) is 0 Å². The van der Waals surface area contributed by atoms with Crippen LogP contribution in [0.4, 0.5) is 0 Å². The fraction of sp³-hybridized carbons (Fsp3) is 0.735. The van der Waals surface area contributed by atoms with E-state index in [1.54, 1.807) is 0 Å². The largest absolute Gasteiger partial charge is 0.339 e. The number of rotatable bonds is 3. The maximum absolute atomic E-state index is 14.7. The Labute approximate surface area is 244 Å². The molecule has 0 aromatic carbocycles. The number of ketones is 2. The summed E-state index contributed by atoms with van der Waals surface area (Å²) in [5.74, 6) is 1.47. The lowest BCUT2D eigenvalue weighted by Crippen LogP contribution is -2.65. The molecule has 6 rings (SSSR count). The van der Waals surface area contributed by atoms with Gasteiger partial charge in [0.1, 0.15) is 6.07 Å². The Hall–Kier alpha value is -2.59. The van der Waals surface area contributed by atoms with E-state index < -0.39 is 10.8 Å². The van der Waals surface area contributed by atoms with Crippen LogP contribution in [0.5, 0.6) is 0 Å². The van der Waals surface area contributed by atoms with Crippen molar-refractivity contribution in [1.29, 1.82) is 5.26 Å². The van der Waals surface area contributed by atoms with Crippen molar-refractivity contribution in [3.8, 4) is 6.07 Å². The van der Waals surface area contributed by atoms with E-state index in [2.05, 4.69) is 45.8 Å². The van der Waals surface area contributed by atoms with E-state index in [-0.39, 0.29) is 56.6 Å². The van der Waals surface area contributed by atoms with Crippen LogP contribution in [0.1, 0.15) is 105 Å². The van der Waals surface area contributed by atoms with Crippen LogP contribution in [0, 0.1) is 56.2 Å². The Bertz CT molecular complexity index is 1430. The van der Waals surface area contributed by atoms with Gasteiger partial charge < -0.3 is 10.3 Å². The molecule has 1 unspecified atom stereocenters. The summed E-state index contributed by atoms with van der Waals surface area (Å²) in [4.78, 5) is 32.8. The monoisotopic (exact) mass is 558 g/mol. The Morgan fingerprint density at radius 3 is 2.44 bits per heavy atom. The normalized spacial score (nSPS) is 42.6. The van der Waals surface area contributed by atoms with E-state index in [0.29, 0.717) is 18.9 Å². The molecule has 7 nitrogen and oxygen atoms in total. The second kappa shape index (κ2) is 8.72. The summed E-state index contributed by atoms with van der Waals surface area (Å²) in [6.45, 7) is 16.0. The Kier molecular flexibility index (Phi) is 6.07. The first-order valence-electron chi connectivity index (χ1n) is 15.6. The smallest absolute Gasteiger partial charge is 0.227 e. The molecule has 220 valence electrons. The first kappa shape index (κ1) is 28.5. The number of aromatic nitrogens is 2. The Balaban J connectivity index is 1.51. The van der Waals surface area contributed by atoms with Crippen molar-refractivity contribution in [3.63, 3.8) is 0 Å². The van der Waals surface area contributed by atoms with Gasteiger partial charge in [-0.3, -0.25) is 9.59 Å². The molecular weight excluding hydrogens is 512 g/mol. The van der Waals surface area contributed by atoms with Gasteiger partial charge in [0.2, 0.25) is 5.89 Å². The highest BCUT2D eigenvalue weighted by atomic mass is 16.5. The molecule has 7 atom stereocenters. The highest BCUT2D eigenvalue weighted by Gasteiger charge is 2.70. The van der Waals surface area contributed by atoms with Crippen molar-refractivity contribution in [2.45, 2.75) is 105 Å². The van der Waals surface area contributed by atoms with E-state index >= 15 is 0 Å². The summed E-state index contributed by atoms with van der Waals surface area (Å²) < 4.78 is 5.67. The van der Waals surface area contributed by atoms with E-state index in [9.17, 15) is 14.9 Å². The molecule has 0 spiro atoms. The van der Waals surface area contributed by atoms with Crippen LogP contribution < -0.4 is 5.73 Å². The van der Waals surface area contributed by atoms with Crippen LogP contribution in [-0.4, -0.2) is 28.3 Å². The van der Waals surface area contributed by atoms with Crippen LogP contribution in [0.3, 0.4) is 0 Å². The molecule has 5 aliphatic carbocycles. The van der Waals surface area contributed by atoms with Gasteiger partial charge in [-0.1, -0.05) is 65.3 Å². The van der Waals surface area contributed by atoms with Crippen molar-refractivity contribution < 1.29 is 14.1 Å². The lowest BCUT2D eigenvalue weighted by Gasteiger charge is -2.69. The number of nitrogens with two attached hydrogens (primary N) is 1. The molecule has 1 aromatic heterocycles. The van der Waals surface area contributed by atoms with E-state index in [0.717, 1.165) is 56.3 Å². The van der Waals surface area contributed by atoms with Crippen molar-refractivity contribution >= 4 is 11.6 Å². The van der Waals surface area contributed by atoms with Crippen LogP contribution >= 0.6 is 0 Å². The molecule has 41 heavy (non-hydrogen) atoms. The summed E-state index contributed by atoms with van der Waals surface area (Å²) >= 11 is 0. The number of carbonyl (C=O) groups excluding carboxylic acids is 2. The topological polar surface area (TPSA) is 123 Å². The highest BCUT2D eigenvalue weighted by Crippen LogP contribution is 2.74. The van der Waals surface area contributed by atoms with Gasteiger partial charge in [-0.05, 0) is 79.1 Å². The van der Waals surface area contributed by atoms with Crippen molar-refractivity contribution in [3.05, 3.63) is 35.0 Å². The molecule has 3 saturated carbocycles. The number of hydrogen-bond donors (Lipinski definition) is 1. The zero-order chi connectivity index (χ0) is 29.8. The number of hydrogen-bond acceptors (Lipinski definition) is 7. The van der Waals surface area contributed by atoms with Gasteiger partial charge >= 0.3 is 0 Å². The third-order valence-corrected chi connectivity index (χ3v) is 13.1. The van der Waals surface area contributed by atoms with Gasteiger partial charge in [0.25, 0.3) is 0 Å². The van der Waals surface area contributed by atoms with Gasteiger partial charge in [-0.25, -0.2) is 0 Å². The molecular formula is C34H46N4O3. The number of carbonyl (C=O) groups is 2. The molecule has 0 aliphatic heterocycles. The minimum Gasteiger partial charge on any atom is -0.339 e. The first-order chi connectivity index (χ1) is 19.1. The van der Waals surface area contributed by atoms with Crippen LogP contribution in [-0.2, 0) is 21.4 Å². The minimum atomic E-state index is -0.660. The lowest BCUT2D eigenvalue weighted by atomic mass is 9.34. The SMILES string of the molecule is CC1(C)CC[C@]2(c3noc(CCN)n3)CC[C@]3(C)[C@H](C(=O)C=C4[C@@]5(C)C=C(C#N)C(=O)C(C)(C)C5CC[C@]43C)[C@@H]2C1. The second-order valence-corrected chi connectivity index (χ2v) is 16.0. The number of allylic oxidation sites excluding steroid dienone is 4. The quantitative estimate of drug-likeness (QED) is 0.480. The number of Topliss-reactive ketones (excluding diaryl/α,β-unsaturated/α-hetero) is 1. The predicted octanol–water partition coefficient (Wildman–Crippen LogP) is 6.04. The van der Waals surface area contributed by atoms with E-state index in [4.69, 9.17) is 15.2 Å². The third-order valence-electron chi connectivity index (χ3n) is 13.1. The Morgan fingerprint density at radius 2 is 1.76 bits per heavy atom.